The molecule has 1 heterocycles. The smallest absolute Gasteiger partial charge is 0.248 e. The van der Waals surface area contributed by atoms with E-state index in [0.717, 1.165) is 6.07 Å². The summed E-state index contributed by atoms with van der Waals surface area (Å²) in [6.45, 7) is 5.62. The molecule has 0 saturated heterocycles. The highest BCUT2D eigenvalue weighted by Crippen LogP contribution is 2.33. The fourth-order valence-corrected chi connectivity index (χ4v) is 2.32. The molecule has 2 unspecified atom stereocenters. The second kappa shape index (κ2) is 5.25. The average molecular weight is 266 g/mol. The molecule has 0 aliphatic heterocycles. The lowest BCUT2D eigenvalue weighted by Crippen LogP contribution is -2.19. The van der Waals surface area contributed by atoms with Crippen LogP contribution in [0.5, 0.6) is 0 Å². The molecular formula is C12H15ClF3N. The monoisotopic (exact) mass is 265 g/mol. The fraction of sp³-hybridized carbons (Fsp3) is 0.583. The van der Waals surface area contributed by atoms with Gasteiger partial charge in [-0.2, -0.15) is 13.2 Å². The molecule has 0 bridgehead atoms. The number of nitrogens with zero attached hydrogens (tertiary/aromatic N) is 1. The van der Waals surface area contributed by atoms with Gasteiger partial charge in [-0.1, -0.05) is 19.9 Å². The van der Waals surface area contributed by atoms with E-state index >= 15 is 0 Å². The molecule has 2 atom stereocenters. The summed E-state index contributed by atoms with van der Waals surface area (Å²) >= 11 is 6.02. The van der Waals surface area contributed by atoms with Gasteiger partial charge in [-0.05, 0) is 25.0 Å². The normalized spacial score (nSPS) is 16.0. The summed E-state index contributed by atoms with van der Waals surface area (Å²) in [4.78, 5) is 3.68. The summed E-state index contributed by atoms with van der Waals surface area (Å²) in [5, 5.41) is -0.258. The molecule has 5 heteroatoms. The van der Waals surface area contributed by atoms with Gasteiger partial charge in [-0.15, -0.1) is 11.6 Å². The third kappa shape index (κ3) is 3.60. The van der Waals surface area contributed by atoms with Crippen LogP contribution in [0.25, 0.3) is 0 Å². The molecule has 0 fully saturated rings. The van der Waals surface area contributed by atoms with Gasteiger partial charge in [-0.25, -0.2) is 4.98 Å². The maximum Gasteiger partial charge on any atom is 0.433 e. The average Bonchev–Trinajstić information content (AvgIpc) is 2.15. The standard InChI is InChI=1S/C12H15ClF3N/c1-7(2)11(8(3)13)9-5-4-6-10(17-9)12(14,15)16/h4-8,11H,1-3H3. The highest BCUT2D eigenvalue weighted by molar-refractivity contribution is 6.20. The number of pyridine rings is 1. The number of aromatic nitrogens is 1. The number of alkyl halides is 4. The molecule has 1 nitrogen and oxygen atoms in total. The molecule has 1 rings (SSSR count). The third-order valence-electron chi connectivity index (χ3n) is 2.62. The Balaban J connectivity index is 3.14. The lowest BCUT2D eigenvalue weighted by molar-refractivity contribution is -0.141. The predicted molar refractivity (Wildman–Crippen MR) is 62.1 cm³/mol. The number of halogens is 4. The summed E-state index contributed by atoms with van der Waals surface area (Å²) in [5.74, 6) is -0.0440. The summed E-state index contributed by atoms with van der Waals surface area (Å²) < 4.78 is 37.6. The maximum atomic E-state index is 12.5. The summed E-state index contributed by atoms with van der Waals surface area (Å²) in [5.41, 5.74) is -0.463. The highest BCUT2D eigenvalue weighted by Gasteiger charge is 2.33. The van der Waals surface area contributed by atoms with Gasteiger partial charge in [0, 0.05) is 17.0 Å². The first-order valence-electron chi connectivity index (χ1n) is 5.41. The molecule has 0 radical (unpaired) electrons. The van der Waals surface area contributed by atoms with Crippen molar-refractivity contribution in [1.29, 1.82) is 0 Å². The quantitative estimate of drug-likeness (QED) is 0.735. The Morgan fingerprint density at radius 2 is 1.76 bits per heavy atom. The minimum atomic E-state index is -4.41. The van der Waals surface area contributed by atoms with Crippen molar-refractivity contribution >= 4 is 11.6 Å². The van der Waals surface area contributed by atoms with Crippen LogP contribution in [0, 0.1) is 5.92 Å². The van der Waals surface area contributed by atoms with Gasteiger partial charge < -0.3 is 0 Å². The van der Waals surface area contributed by atoms with Gasteiger partial charge in [0.15, 0.2) is 0 Å². The second-order valence-electron chi connectivity index (χ2n) is 4.39. The van der Waals surface area contributed by atoms with E-state index in [1.54, 1.807) is 13.0 Å². The number of hydrogen-bond donors (Lipinski definition) is 0. The molecule has 0 saturated carbocycles. The van der Waals surface area contributed by atoms with Crippen LogP contribution < -0.4 is 0 Å². The highest BCUT2D eigenvalue weighted by atomic mass is 35.5. The molecule has 17 heavy (non-hydrogen) atoms. The minimum Gasteiger partial charge on any atom is -0.248 e. The Morgan fingerprint density at radius 1 is 1.18 bits per heavy atom. The van der Waals surface area contributed by atoms with Crippen LogP contribution in [-0.2, 0) is 6.18 Å². The van der Waals surface area contributed by atoms with E-state index < -0.39 is 11.9 Å². The van der Waals surface area contributed by atoms with Gasteiger partial charge in [0.2, 0.25) is 0 Å². The van der Waals surface area contributed by atoms with Crippen LogP contribution in [-0.4, -0.2) is 10.4 Å². The Hall–Kier alpha value is -0.770. The Labute approximate surface area is 104 Å². The van der Waals surface area contributed by atoms with E-state index in [4.69, 9.17) is 11.6 Å². The largest absolute Gasteiger partial charge is 0.433 e. The van der Waals surface area contributed by atoms with E-state index in [1.165, 1.54) is 6.07 Å². The molecule has 0 aliphatic carbocycles. The van der Waals surface area contributed by atoms with Crippen LogP contribution in [0.15, 0.2) is 18.2 Å². The first kappa shape index (κ1) is 14.3. The van der Waals surface area contributed by atoms with Crippen LogP contribution in [0.3, 0.4) is 0 Å². The third-order valence-corrected chi connectivity index (χ3v) is 2.89. The molecule has 1 aromatic rings. The summed E-state index contributed by atoms with van der Waals surface area (Å²) in [6, 6.07) is 3.94. The van der Waals surface area contributed by atoms with Crippen molar-refractivity contribution < 1.29 is 13.2 Å². The minimum absolute atomic E-state index is 0.137. The van der Waals surface area contributed by atoms with Crippen LogP contribution in [0.4, 0.5) is 13.2 Å². The van der Waals surface area contributed by atoms with E-state index in [2.05, 4.69) is 4.98 Å². The van der Waals surface area contributed by atoms with E-state index in [1.807, 2.05) is 13.8 Å². The van der Waals surface area contributed by atoms with Crippen LogP contribution >= 0.6 is 11.6 Å². The Morgan fingerprint density at radius 3 is 2.18 bits per heavy atom. The van der Waals surface area contributed by atoms with Gasteiger partial charge in [0.05, 0.1) is 0 Å². The van der Waals surface area contributed by atoms with Crippen LogP contribution in [0.2, 0.25) is 0 Å². The van der Waals surface area contributed by atoms with E-state index in [9.17, 15) is 13.2 Å². The summed E-state index contributed by atoms with van der Waals surface area (Å²) in [7, 11) is 0. The topological polar surface area (TPSA) is 12.9 Å². The van der Waals surface area contributed by atoms with Crippen molar-refractivity contribution in [3.8, 4) is 0 Å². The second-order valence-corrected chi connectivity index (χ2v) is 5.08. The molecule has 0 aliphatic rings. The van der Waals surface area contributed by atoms with Crippen molar-refractivity contribution in [2.24, 2.45) is 5.92 Å². The van der Waals surface area contributed by atoms with Gasteiger partial charge in [0.1, 0.15) is 5.69 Å². The van der Waals surface area contributed by atoms with Crippen molar-refractivity contribution in [3.05, 3.63) is 29.6 Å². The maximum absolute atomic E-state index is 12.5. The zero-order valence-electron chi connectivity index (χ0n) is 9.92. The zero-order chi connectivity index (χ0) is 13.2. The van der Waals surface area contributed by atoms with Crippen molar-refractivity contribution in [2.45, 2.75) is 38.2 Å². The number of hydrogen-bond acceptors (Lipinski definition) is 1. The first-order chi connectivity index (χ1) is 7.73. The number of rotatable bonds is 3. The van der Waals surface area contributed by atoms with Gasteiger partial charge in [0.25, 0.3) is 0 Å². The zero-order valence-corrected chi connectivity index (χ0v) is 10.7. The van der Waals surface area contributed by atoms with E-state index in [-0.39, 0.29) is 17.2 Å². The lowest BCUT2D eigenvalue weighted by Gasteiger charge is -2.23. The Bertz CT molecular complexity index is 366. The predicted octanol–water partition coefficient (Wildman–Crippen LogP) is 4.47. The lowest BCUT2D eigenvalue weighted by atomic mass is 9.89. The molecule has 0 amide bonds. The van der Waals surface area contributed by atoms with E-state index in [0.29, 0.717) is 5.69 Å². The molecular weight excluding hydrogens is 251 g/mol. The molecule has 96 valence electrons. The van der Waals surface area contributed by atoms with Gasteiger partial charge in [-0.3, -0.25) is 0 Å². The SMILES string of the molecule is CC(C)C(c1cccc(C(F)(F)F)n1)C(C)Cl. The van der Waals surface area contributed by atoms with Gasteiger partial charge >= 0.3 is 6.18 Å². The molecule has 0 spiro atoms. The first-order valence-corrected chi connectivity index (χ1v) is 5.85. The summed E-state index contributed by atoms with van der Waals surface area (Å²) in [6.07, 6.45) is -4.41. The van der Waals surface area contributed by atoms with Crippen molar-refractivity contribution in [1.82, 2.24) is 4.98 Å². The molecule has 1 aromatic heterocycles. The molecule has 0 aromatic carbocycles. The van der Waals surface area contributed by atoms with Crippen molar-refractivity contribution in [3.63, 3.8) is 0 Å². The fourth-order valence-electron chi connectivity index (χ4n) is 1.90. The van der Waals surface area contributed by atoms with Crippen LogP contribution in [0.1, 0.15) is 38.1 Å². The van der Waals surface area contributed by atoms with Crippen molar-refractivity contribution in [2.75, 3.05) is 0 Å². The Kier molecular flexibility index (Phi) is 4.42. The molecule has 0 N–H and O–H groups in total.